The first-order valence-corrected chi connectivity index (χ1v) is 9.66. The highest BCUT2D eigenvalue weighted by atomic mass is 32.1. The maximum Gasteiger partial charge on any atom is 0.490 e. The fourth-order valence-corrected chi connectivity index (χ4v) is 3.59. The van der Waals surface area contributed by atoms with E-state index in [9.17, 15) is 22.8 Å². The van der Waals surface area contributed by atoms with E-state index in [2.05, 4.69) is 15.3 Å². The molecule has 30 heavy (non-hydrogen) atoms. The first-order valence-electron chi connectivity index (χ1n) is 8.84. The maximum atomic E-state index is 12.2. The third-order valence-electron chi connectivity index (χ3n) is 3.96. The van der Waals surface area contributed by atoms with Gasteiger partial charge in [0.25, 0.3) is 5.91 Å². The standard InChI is InChI=1S/C16H18N4O2S.C2HF3O2/c1-11(21)20-9-3-5-13-14(20)19-16(23-13)15(22)18-8-6-12-4-2-7-17-10-12;3-2(4,5)1(6)7/h2,4,7,10H,3,5-6,8-9H2,1H3,(H,18,22);(H,6,7). The van der Waals surface area contributed by atoms with E-state index in [1.165, 1.54) is 18.3 Å². The molecular weight excluding hydrogens is 425 g/mol. The van der Waals surface area contributed by atoms with Crippen LogP contribution in [0.3, 0.4) is 0 Å². The van der Waals surface area contributed by atoms with Crippen molar-refractivity contribution in [1.29, 1.82) is 0 Å². The van der Waals surface area contributed by atoms with Gasteiger partial charge in [0, 0.05) is 37.3 Å². The summed E-state index contributed by atoms with van der Waals surface area (Å²) in [4.78, 5) is 43.9. The fraction of sp³-hybridized carbons (Fsp3) is 0.389. The summed E-state index contributed by atoms with van der Waals surface area (Å²) in [6.07, 6.45) is 0.947. The number of carbonyl (C=O) groups is 3. The number of nitrogens with one attached hydrogen (secondary N) is 1. The number of carbonyl (C=O) groups excluding carboxylic acids is 2. The molecule has 3 rings (SSSR count). The molecule has 1 aliphatic heterocycles. The minimum atomic E-state index is -5.08. The third kappa shape index (κ3) is 6.51. The third-order valence-corrected chi connectivity index (χ3v) is 5.06. The monoisotopic (exact) mass is 444 g/mol. The van der Waals surface area contributed by atoms with E-state index in [1.807, 2.05) is 12.1 Å². The number of fused-ring (bicyclic) bond motifs is 1. The van der Waals surface area contributed by atoms with E-state index < -0.39 is 12.1 Å². The fourth-order valence-electron chi connectivity index (χ4n) is 2.57. The summed E-state index contributed by atoms with van der Waals surface area (Å²) in [7, 11) is 0. The topological polar surface area (TPSA) is 112 Å². The number of carboxylic acid groups (broad SMARTS) is 1. The van der Waals surface area contributed by atoms with Gasteiger partial charge in [0.05, 0.1) is 0 Å². The second-order valence-corrected chi connectivity index (χ2v) is 7.29. The van der Waals surface area contributed by atoms with Crippen molar-refractivity contribution in [2.24, 2.45) is 0 Å². The number of hydrogen-bond donors (Lipinski definition) is 2. The minimum absolute atomic E-state index is 0.0280. The number of alkyl halides is 3. The number of nitrogens with zero attached hydrogens (tertiary/aromatic N) is 3. The average Bonchev–Trinajstić information content (AvgIpc) is 3.12. The second-order valence-electron chi connectivity index (χ2n) is 6.21. The van der Waals surface area contributed by atoms with Crippen LogP contribution in [0.15, 0.2) is 24.5 Å². The predicted octanol–water partition coefficient (Wildman–Crippen LogP) is 2.44. The van der Waals surface area contributed by atoms with Gasteiger partial charge in [-0.25, -0.2) is 9.78 Å². The molecule has 0 unspecified atom stereocenters. The molecule has 0 spiro atoms. The van der Waals surface area contributed by atoms with Crippen molar-refractivity contribution >= 4 is 34.9 Å². The normalized spacial score (nSPS) is 13.0. The summed E-state index contributed by atoms with van der Waals surface area (Å²) in [6, 6.07) is 3.86. The molecule has 0 fully saturated rings. The number of aromatic nitrogens is 2. The second kappa shape index (κ2) is 10.1. The molecule has 0 bridgehead atoms. The number of rotatable bonds is 4. The van der Waals surface area contributed by atoms with Gasteiger partial charge in [0.2, 0.25) is 5.91 Å². The van der Waals surface area contributed by atoms with Gasteiger partial charge in [-0.15, -0.1) is 11.3 Å². The molecule has 0 aliphatic carbocycles. The molecule has 0 atom stereocenters. The van der Waals surface area contributed by atoms with E-state index in [0.29, 0.717) is 23.9 Å². The Bertz CT molecular complexity index is 903. The van der Waals surface area contributed by atoms with Gasteiger partial charge in [0.15, 0.2) is 5.01 Å². The zero-order valence-electron chi connectivity index (χ0n) is 15.9. The lowest BCUT2D eigenvalue weighted by Gasteiger charge is -2.23. The smallest absolute Gasteiger partial charge is 0.475 e. The molecule has 162 valence electrons. The highest BCUT2D eigenvalue weighted by Gasteiger charge is 2.38. The van der Waals surface area contributed by atoms with Crippen LogP contribution in [0.1, 0.15) is 33.6 Å². The summed E-state index contributed by atoms with van der Waals surface area (Å²) in [6.45, 7) is 2.74. The van der Waals surface area contributed by atoms with E-state index in [4.69, 9.17) is 9.90 Å². The number of hydrogen-bond acceptors (Lipinski definition) is 6. The van der Waals surface area contributed by atoms with Crippen LogP contribution < -0.4 is 10.2 Å². The van der Waals surface area contributed by atoms with Crippen molar-refractivity contribution < 1.29 is 32.7 Å². The Kier molecular flexibility index (Phi) is 7.86. The lowest BCUT2D eigenvalue weighted by Crippen LogP contribution is -2.33. The van der Waals surface area contributed by atoms with Gasteiger partial charge in [-0.2, -0.15) is 13.2 Å². The van der Waals surface area contributed by atoms with Gasteiger partial charge in [-0.1, -0.05) is 6.07 Å². The zero-order valence-corrected chi connectivity index (χ0v) is 16.7. The molecule has 8 nitrogen and oxygen atoms in total. The Morgan fingerprint density at radius 3 is 2.60 bits per heavy atom. The summed E-state index contributed by atoms with van der Waals surface area (Å²) in [5.41, 5.74) is 1.08. The Morgan fingerprint density at radius 1 is 1.33 bits per heavy atom. The van der Waals surface area contributed by atoms with E-state index >= 15 is 0 Å². The summed E-state index contributed by atoms with van der Waals surface area (Å²) in [5, 5.41) is 10.4. The van der Waals surface area contributed by atoms with Gasteiger partial charge < -0.3 is 10.4 Å². The molecule has 2 amide bonds. The Labute approximate surface area is 173 Å². The van der Waals surface area contributed by atoms with Crippen LogP contribution >= 0.6 is 11.3 Å². The van der Waals surface area contributed by atoms with Crippen LogP contribution in [-0.2, 0) is 22.4 Å². The van der Waals surface area contributed by atoms with Crippen LogP contribution in [-0.4, -0.2) is 52.1 Å². The molecule has 3 heterocycles. The highest BCUT2D eigenvalue weighted by Crippen LogP contribution is 2.31. The molecule has 0 radical (unpaired) electrons. The van der Waals surface area contributed by atoms with Gasteiger partial charge in [-0.3, -0.25) is 19.5 Å². The van der Waals surface area contributed by atoms with Crippen molar-refractivity contribution in [3.8, 4) is 0 Å². The Hall–Kier alpha value is -3.02. The molecule has 12 heteroatoms. The summed E-state index contributed by atoms with van der Waals surface area (Å²) < 4.78 is 31.7. The van der Waals surface area contributed by atoms with Gasteiger partial charge >= 0.3 is 12.1 Å². The van der Waals surface area contributed by atoms with Crippen molar-refractivity contribution in [2.45, 2.75) is 32.4 Å². The maximum absolute atomic E-state index is 12.2. The number of carboxylic acids is 1. The van der Waals surface area contributed by atoms with E-state index in [-0.39, 0.29) is 11.8 Å². The molecule has 2 N–H and O–H groups in total. The first kappa shape index (κ1) is 23.3. The lowest BCUT2D eigenvalue weighted by atomic mass is 10.2. The number of thiazole rings is 1. The molecule has 0 aromatic carbocycles. The largest absolute Gasteiger partial charge is 0.490 e. The van der Waals surface area contributed by atoms with E-state index in [1.54, 1.807) is 17.3 Å². The van der Waals surface area contributed by atoms with Gasteiger partial charge in [0.1, 0.15) is 5.82 Å². The zero-order chi connectivity index (χ0) is 22.3. The minimum Gasteiger partial charge on any atom is -0.475 e. The van der Waals surface area contributed by atoms with Crippen molar-refractivity contribution in [2.75, 3.05) is 18.0 Å². The molecular formula is C18H19F3N4O4S. The van der Waals surface area contributed by atoms with Crippen molar-refractivity contribution in [3.63, 3.8) is 0 Å². The van der Waals surface area contributed by atoms with Crippen LogP contribution in [0.4, 0.5) is 19.0 Å². The number of amides is 2. The lowest BCUT2D eigenvalue weighted by molar-refractivity contribution is -0.192. The predicted molar refractivity (Wildman–Crippen MR) is 102 cm³/mol. The van der Waals surface area contributed by atoms with Crippen LogP contribution in [0, 0.1) is 0 Å². The Balaban J connectivity index is 0.000000396. The van der Waals surface area contributed by atoms with Crippen LogP contribution in [0.2, 0.25) is 0 Å². The SMILES string of the molecule is CC(=O)N1CCCc2sc(C(=O)NCCc3cccnc3)nc21.O=C(O)C(F)(F)F. The highest BCUT2D eigenvalue weighted by molar-refractivity contribution is 7.14. The van der Waals surface area contributed by atoms with Crippen molar-refractivity contribution in [1.82, 2.24) is 15.3 Å². The number of anilines is 1. The van der Waals surface area contributed by atoms with E-state index in [0.717, 1.165) is 29.7 Å². The number of aryl methyl sites for hydroxylation is 1. The molecule has 2 aromatic rings. The molecule has 0 saturated carbocycles. The average molecular weight is 444 g/mol. The quantitative estimate of drug-likeness (QED) is 0.749. The van der Waals surface area contributed by atoms with Crippen LogP contribution in [0.25, 0.3) is 0 Å². The number of halogens is 3. The molecule has 2 aromatic heterocycles. The molecule has 1 aliphatic rings. The number of pyridine rings is 1. The Morgan fingerprint density at radius 2 is 2.03 bits per heavy atom. The van der Waals surface area contributed by atoms with Crippen molar-refractivity contribution in [3.05, 3.63) is 40.0 Å². The summed E-state index contributed by atoms with van der Waals surface area (Å²) in [5.74, 6) is -2.31. The first-order chi connectivity index (χ1) is 14.1. The number of aliphatic carboxylic acids is 1. The van der Waals surface area contributed by atoms with Gasteiger partial charge in [-0.05, 0) is 30.9 Å². The molecule has 0 saturated heterocycles. The summed E-state index contributed by atoms with van der Waals surface area (Å²) >= 11 is 1.38. The van der Waals surface area contributed by atoms with Crippen LogP contribution in [0.5, 0.6) is 0 Å².